The molecule has 0 N–H and O–H groups in total. The number of Topliss-reactive ketones (excluding diaryl/α,β-unsaturated/α-hetero) is 1. The predicted molar refractivity (Wildman–Crippen MR) is 102 cm³/mol. The lowest BCUT2D eigenvalue weighted by Gasteiger charge is -2.08. The van der Waals surface area contributed by atoms with Gasteiger partial charge in [0.15, 0.2) is 16.8 Å². The Hall–Kier alpha value is -2.11. The van der Waals surface area contributed by atoms with Crippen LogP contribution in [0.2, 0.25) is 5.02 Å². The first-order valence-electron chi connectivity index (χ1n) is 8.01. The number of aromatic nitrogens is 3. The van der Waals surface area contributed by atoms with Crippen molar-refractivity contribution >= 4 is 29.1 Å². The largest absolute Gasteiger partial charge is 0.302 e. The van der Waals surface area contributed by atoms with Gasteiger partial charge >= 0.3 is 0 Å². The number of nitrogens with zero attached hydrogens (tertiary/aromatic N) is 3. The van der Waals surface area contributed by atoms with E-state index in [0.29, 0.717) is 10.6 Å². The molecule has 4 nitrogen and oxygen atoms in total. The lowest BCUT2D eigenvalue weighted by atomic mass is 10.1. The number of thioether (sulfide) groups is 1. The first-order chi connectivity index (χ1) is 12.1. The predicted octanol–water partition coefficient (Wildman–Crippen LogP) is 4.90. The molecular formula is C19H18ClN3OS. The second-order valence-electron chi connectivity index (χ2n) is 5.61. The second-order valence-corrected chi connectivity index (χ2v) is 6.96. The maximum Gasteiger partial charge on any atom is 0.191 e. The van der Waals surface area contributed by atoms with Gasteiger partial charge in [-0.25, -0.2) is 0 Å². The minimum Gasteiger partial charge on any atom is -0.302 e. The molecule has 0 aliphatic heterocycles. The summed E-state index contributed by atoms with van der Waals surface area (Å²) in [4.78, 5) is 12.4. The summed E-state index contributed by atoms with van der Waals surface area (Å²) in [6.07, 6.45) is 0. The van der Waals surface area contributed by atoms with Gasteiger partial charge in [0.1, 0.15) is 0 Å². The monoisotopic (exact) mass is 371 g/mol. The van der Waals surface area contributed by atoms with Crippen molar-refractivity contribution in [3.05, 3.63) is 64.7 Å². The van der Waals surface area contributed by atoms with Crippen molar-refractivity contribution < 1.29 is 4.79 Å². The Labute approximate surface area is 156 Å². The van der Waals surface area contributed by atoms with Crippen LogP contribution in [-0.4, -0.2) is 26.3 Å². The fourth-order valence-electron chi connectivity index (χ4n) is 2.49. The lowest BCUT2D eigenvalue weighted by molar-refractivity contribution is 0.102. The third-order valence-electron chi connectivity index (χ3n) is 3.85. The van der Waals surface area contributed by atoms with Gasteiger partial charge in [0, 0.05) is 17.7 Å². The molecule has 1 aromatic heterocycles. The van der Waals surface area contributed by atoms with E-state index in [4.69, 9.17) is 11.6 Å². The minimum atomic E-state index is -0.0156. The average molecular weight is 372 g/mol. The number of rotatable bonds is 6. The van der Waals surface area contributed by atoms with Gasteiger partial charge in [-0.15, -0.1) is 10.2 Å². The molecule has 6 heteroatoms. The van der Waals surface area contributed by atoms with Crippen molar-refractivity contribution in [3.63, 3.8) is 0 Å². The zero-order chi connectivity index (χ0) is 17.8. The highest BCUT2D eigenvalue weighted by atomic mass is 35.5. The molecule has 0 aliphatic carbocycles. The zero-order valence-electron chi connectivity index (χ0n) is 14.1. The third-order valence-corrected chi connectivity index (χ3v) is 5.15. The topological polar surface area (TPSA) is 47.8 Å². The third kappa shape index (κ3) is 3.94. The van der Waals surface area contributed by atoms with Crippen molar-refractivity contribution in [1.82, 2.24) is 14.8 Å². The van der Waals surface area contributed by atoms with Gasteiger partial charge in [-0.05, 0) is 26.0 Å². The van der Waals surface area contributed by atoms with E-state index in [0.717, 1.165) is 23.1 Å². The van der Waals surface area contributed by atoms with Crippen LogP contribution in [0.5, 0.6) is 0 Å². The molecular weight excluding hydrogens is 354 g/mol. The Morgan fingerprint density at radius 3 is 2.52 bits per heavy atom. The number of ketones is 1. The van der Waals surface area contributed by atoms with E-state index >= 15 is 0 Å². The van der Waals surface area contributed by atoms with Crippen molar-refractivity contribution in [2.24, 2.45) is 0 Å². The van der Waals surface area contributed by atoms with Crippen LogP contribution in [0.3, 0.4) is 0 Å². The maximum absolute atomic E-state index is 12.4. The van der Waals surface area contributed by atoms with Crippen LogP contribution in [0.25, 0.3) is 11.4 Å². The van der Waals surface area contributed by atoms with Gasteiger partial charge < -0.3 is 4.57 Å². The SMILES string of the molecule is CCn1c(SCC(=O)c2ccccc2Cl)nnc1-c1ccc(C)cc1. The van der Waals surface area contributed by atoms with E-state index in [-0.39, 0.29) is 11.5 Å². The second kappa shape index (κ2) is 7.85. The van der Waals surface area contributed by atoms with Crippen LogP contribution < -0.4 is 0 Å². The number of carbonyl (C=O) groups is 1. The van der Waals surface area contributed by atoms with Gasteiger partial charge in [-0.2, -0.15) is 0 Å². The van der Waals surface area contributed by atoms with E-state index in [1.807, 2.05) is 35.8 Å². The first kappa shape index (κ1) is 17.7. The number of halogens is 1. The normalized spacial score (nSPS) is 10.8. The standard InChI is InChI=1S/C19H18ClN3OS/c1-3-23-18(14-10-8-13(2)9-11-14)21-22-19(23)25-12-17(24)15-6-4-5-7-16(15)20/h4-11H,3,12H2,1-2H3. The highest BCUT2D eigenvalue weighted by molar-refractivity contribution is 7.99. The quantitative estimate of drug-likeness (QED) is 0.456. The smallest absolute Gasteiger partial charge is 0.191 e. The molecule has 0 saturated heterocycles. The van der Waals surface area contributed by atoms with E-state index < -0.39 is 0 Å². The summed E-state index contributed by atoms with van der Waals surface area (Å²) in [6.45, 7) is 4.83. The molecule has 25 heavy (non-hydrogen) atoms. The van der Waals surface area contributed by atoms with Crippen LogP contribution in [0.1, 0.15) is 22.8 Å². The Kier molecular flexibility index (Phi) is 5.56. The molecule has 0 spiro atoms. The Morgan fingerprint density at radius 2 is 1.84 bits per heavy atom. The Morgan fingerprint density at radius 1 is 1.12 bits per heavy atom. The zero-order valence-corrected chi connectivity index (χ0v) is 15.6. The molecule has 128 valence electrons. The molecule has 0 bridgehead atoms. The van der Waals surface area contributed by atoms with E-state index in [1.54, 1.807) is 12.1 Å². The van der Waals surface area contributed by atoms with Gasteiger partial charge in [0.25, 0.3) is 0 Å². The summed E-state index contributed by atoms with van der Waals surface area (Å²) in [7, 11) is 0. The highest BCUT2D eigenvalue weighted by Crippen LogP contribution is 2.25. The molecule has 3 rings (SSSR count). The van der Waals surface area contributed by atoms with Crippen LogP contribution in [0.15, 0.2) is 53.7 Å². The molecule has 0 aliphatic rings. The van der Waals surface area contributed by atoms with Crippen molar-refractivity contribution in [1.29, 1.82) is 0 Å². The van der Waals surface area contributed by atoms with Crippen LogP contribution in [0, 0.1) is 6.92 Å². The van der Waals surface area contributed by atoms with Gasteiger partial charge in [0.05, 0.1) is 10.8 Å². The fourth-order valence-corrected chi connectivity index (χ4v) is 3.62. The molecule has 0 atom stereocenters. The first-order valence-corrected chi connectivity index (χ1v) is 9.37. The number of benzene rings is 2. The molecule has 0 saturated carbocycles. The number of hydrogen-bond acceptors (Lipinski definition) is 4. The summed E-state index contributed by atoms with van der Waals surface area (Å²) in [5.74, 6) is 1.07. The van der Waals surface area contributed by atoms with Crippen LogP contribution in [0.4, 0.5) is 0 Å². The van der Waals surface area contributed by atoms with E-state index in [1.165, 1.54) is 17.3 Å². The summed E-state index contributed by atoms with van der Waals surface area (Å²) < 4.78 is 2.02. The molecule has 2 aromatic carbocycles. The summed E-state index contributed by atoms with van der Waals surface area (Å²) >= 11 is 7.48. The molecule has 3 aromatic rings. The molecule has 0 radical (unpaired) electrons. The van der Waals surface area contributed by atoms with Crippen LogP contribution in [-0.2, 0) is 6.54 Å². The summed E-state index contributed by atoms with van der Waals surface area (Å²) in [6, 6.07) is 15.3. The number of hydrogen-bond donors (Lipinski definition) is 0. The van der Waals surface area contributed by atoms with E-state index in [9.17, 15) is 4.79 Å². The van der Waals surface area contributed by atoms with Crippen LogP contribution >= 0.6 is 23.4 Å². The van der Waals surface area contributed by atoms with Crippen molar-refractivity contribution in [2.75, 3.05) is 5.75 Å². The Balaban J connectivity index is 1.78. The van der Waals surface area contributed by atoms with Crippen molar-refractivity contribution in [3.8, 4) is 11.4 Å². The number of carbonyl (C=O) groups excluding carboxylic acids is 1. The molecule has 0 fully saturated rings. The lowest BCUT2D eigenvalue weighted by Crippen LogP contribution is -2.05. The van der Waals surface area contributed by atoms with Gasteiger partial charge in [-0.1, -0.05) is 65.3 Å². The summed E-state index contributed by atoms with van der Waals surface area (Å²) in [5.41, 5.74) is 2.76. The van der Waals surface area contributed by atoms with Gasteiger partial charge in [0.2, 0.25) is 0 Å². The summed E-state index contributed by atoms with van der Waals surface area (Å²) in [5, 5.41) is 9.79. The number of aryl methyl sites for hydroxylation is 1. The molecule has 0 unspecified atom stereocenters. The van der Waals surface area contributed by atoms with E-state index in [2.05, 4.69) is 29.3 Å². The Bertz CT molecular complexity index is 890. The van der Waals surface area contributed by atoms with Crippen molar-refractivity contribution in [2.45, 2.75) is 25.5 Å². The molecule has 0 amide bonds. The fraction of sp³-hybridized carbons (Fsp3) is 0.211. The average Bonchev–Trinajstić information content (AvgIpc) is 3.03. The van der Waals surface area contributed by atoms with Gasteiger partial charge in [-0.3, -0.25) is 4.79 Å². The highest BCUT2D eigenvalue weighted by Gasteiger charge is 2.16. The maximum atomic E-state index is 12.4. The molecule has 1 heterocycles. The minimum absolute atomic E-state index is 0.0156.